The summed E-state index contributed by atoms with van der Waals surface area (Å²) in [5.74, 6) is 0. The maximum Gasteiger partial charge on any atom is 0.168 e. The van der Waals surface area contributed by atoms with E-state index in [2.05, 4.69) is 10.6 Å². The fourth-order valence-corrected chi connectivity index (χ4v) is 7.02. The van der Waals surface area contributed by atoms with Crippen molar-refractivity contribution in [2.75, 3.05) is 13.2 Å². The largest absolute Gasteiger partial charge is 0.393 e. The van der Waals surface area contributed by atoms with Crippen LogP contribution >= 0.6 is 12.2 Å². The summed E-state index contributed by atoms with van der Waals surface area (Å²) in [5.41, 5.74) is 1.46. The molecular weight excluding hydrogens is 713 g/mol. The van der Waals surface area contributed by atoms with Gasteiger partial charge in [-0.05, 0) is 34.5 Å². The fourth-order valence-electron chi connectivity index (χ4n) is 6.78. The summed E-state index contributed by atoms with van der Waals surface area (Å²) in [4.78, 5) is 0. The standard InChI is InChI=1S/C41H48N2O10S/c44-26-41(48)37(32(45)33(46)38(41)47)42-40(54)43-39-36(52-24-30-19-11-4-12-20-30)35(51-23-29-17-9-3-10-18-29)34(50-22-28-15-7-2-8-16-28)31(53-39)25-49-21-27-13-5-1-6-14-27/h1-20,31-39,44-48H,21-26H2,(H2,42,43,54)/t31-,32-,33-,34-,35+,36-,37-,38-,39+,41+/m1/s1. The first-order valence-corrected chi connectivity index (χ1v) is 18.4. The molecule has 4 aromatic carbocycles. The smallest absolute Gasteiger partial charge is 0.168 e. The number of benzene rings is 4. The van der Waals surface area contributed by atoms with Crippen molar-refractivity contribution in [2.45, 2.75) is 87.0 Å². The number of nitrogens with one attached hydrogen (secondary N) is 2. The summed E-state index contributed by atoms with van der Waals surface area (Å²) < 4.78 is 33.0. The monoisotopic (exact) mass is 760 g/mol. The Morgan fingerprint density at radius 1 is 0.611 bits per heavy atom. The lowest BCUT2D eigenvalue weighted by Gasteiger charge is -2.46. The van der Waals surface area contributed by atoms with Gasteiger partial charge in [0.1, 0.15) is 48.3 Å². The van der Waals surface area contributed by atoms with E-state index in [1.165, 1.54) is 0 Å². The van der Waals surface area contributed by atoms with Crippen LogP contribution in [0.3, 0.4) is 0 Å². The van der Waals surface area contributed by atoms with E-state index < -0.39 is 67.2 Å². The highest BCUT2D eigenvalue weighted by molar-refractivity contribution is 7.80. The molecular formula is C41H48N2O10S. The van der Waals surface area contributed by atoms with Crippen molar-refractivity contribution >= 4 is 17.3 Å². The van der Waals surface area contributed by atoms with Gasteiger partial charge in [0.15, 0.2) is 11.3 Å². The van der Waals surface area contributed by atoms with E-state index in [1.807, 2.05) is 121 Å². The molecule has 0 bridgehead atoms. The van der Waals surface area contributed by atoms with Gasteiger partial charge in [0.05, 0.1) is 45.7 Å². The van der Waals surface area contributed by atoms with Gasteiger partial charge in [-0.2, -0.15) is 0 Å². The van der Waals surface area contributed by atoms with E-state index in [0.717, 1.165) is 22.3 Å². The van der Waals surface area contributed by atoms with Crippen molar-refractivity contribution in [1.29, 1.82) is 0 Å². The van der Waals surface area contributed by atoms with E-state index in [4.69, 9.17) is 35.9 Å². The number of thiocarbonyl (C=S) groups is 1. The molecule has 1 heterocycles. The van der Waals surface area contributed by atoms with Gasteiger partial charge in [-0.3, -0.25) is 0 Å². The Balaban J connectivity index is 1.31. The van der Waals surface area contributed by atoms with Crippen molar-refractivity contribution in [2.24, 2.45) is 0 Å². The van der Waals surface area contributed by atoms with E-state index >= 15 is 0 Å². The third kappa shape index (κ3) is 9.88. The highest BCUT2D eigenvalue weighted by Crippen LogP contribution is 2.33. The predicted molar refractivity (Wildman–Crippen MR) is 203 cm³/mol. The van der Waals surface area contributed by atoms with Crippen molar-refractivity contribution < 1.29 is 49.2 Å². The summed E-state index contributed by atoms with van der Waals surface area (Å²) in [7, 11) is 0. The van der Waals surface area contributed by atoms with E-state index in [9.17, 15) is 25.5 Å². The highest BCUT2D eigenvalue weighted by atomic mass is 32.1. The van der Waals surface area contributed by atoms with E-state index in [-0.39, 0.29) is 31.5 Å². The quantitative estimate of drug-likeness (QED) is 0.0832. The van der Waals surface area contributed by atoms with Gasteiger partial charge >= 0.3 is 0 Å². The van der Waals surface area contributed by atoms with Crippen LogP contribution in [0.25, 0.3) is 0 Å². The van der Waals surface area contributed by atoms with Crippen LogP contribution in [0.1, 0.15) is 22.3 Å². The average Bonchev–Trinajstić information content (AvgIpc) is 3.36. The van der Waals surface area contributed by atoms with Crippen LogP contribution in [0.5, 0.6) is 0 Å². The molecule has 0 spiro atoms. The molecule has 2 fully saturated rings. The Hall–Kier alpha value is -3.83. The summed E-state index contributed by atoms with van der Waals surface area (Å²) in [5, 5.41) is 58.3. The lowest BCUT2D eigenvalue weighted by molar-refractivity contribution is -0.275. The zero-order valence-corrected chi connectivity index (χ0v) is 30.5. The molecule has 12 nitrogen and oxygen atoms in total. The van der Waals surface area contributed by atoms with Gasteiger partial charge in [-0.15, -0.1) is 0 Å². The molecule has 0 amide bonds. The first-order valence-electron chi connectivity index (χ1n) is 17.9. The molecule has 4 aromatic rings. The summed E-state index contributed by atoms with van der Waals surface area (Å²) >= 11 is 5.67. The minimum Gasteiger partial charge on any atom is -0.393 e. The molecule has 10 atom stereocenters. The second-order valence-corrected chi connectivity index (χ2v) is 14.0. The van der Waals surface area contributed by atoms with Crippen LogP contribution in [0, 0.1) is 0 Å². The molecule has 7 N–H and O–H groups in total. The molecule has 0 aromatic heterocycles. The zero-order valence-electron chi connectivity index (χ0n) is 29.7. The highest BCUT2D eigenvalue weighted by Gasteiger charge is 2.59. The lowest BCUT2D eigenvalue weighted by Crippen LogP contribution is -2.67. The molecule has 1 aliphatic carbocycles. The Morgan fingerprint density at radius 2 is 1.06 bits per heavy atom. The summed E-state index contributed by atoms with van der Waals surface area (Å²) in [6, 6.07) is 37.4. The molecule has 288 valence electrons. The number of rotatable bonds is 16. The van der Waals surface area contributed by atoms with Gasteiger partial charge < -0.3 is 59.9 Å². The Bertz CT molecular complexity index is 1710. The van der Waals surface area contributed by atoms with Crippen LogP contribution in [0.4, 0.5) is 0 Å². The molecule has 1 saturated carbocycles. The van der Waals surface area contributed by atoms with Crippen molar-refractivity contribution in [3.8, 4) is 0 Å². The second kappa shape index (κ2) is 19.2. The number of aliphatic hydroxyl groups is 5. The van der Waals surface area contributed by atoms with Crippen LogP contribution in [0.2, 0.25) is 0 Å². The van der Waals surface area contributed by atoms with E-state index in [1.54, 1.807) is 0 Å². The SMILES string of the molecule is OC[C@@]1(O)[C@H](O)[C@H](O)[C@@H](O)[C@H]1NC(=S)N[C@H]1O[C@H](COCc2ccccc2)[C@@H](OCc2ccccc2)[C@H](OCc2ccccc2)[C@H]1OCc1ccccc1. The van der Waals surface area contributed by atoms with Gasteiger partial charge in [0.25, 0.3) is 0 Å². The van der Waals surface area contributed by atoms with E-state index in [0.29, 0.717) is 6.61 Å². The van der Waals surface area contributed by atoms with Crippen LogP contribution in [-0.2, 0) is 50.1 Å². The van der Waals surface area contributed by atoms with Crippen LogP contribution in [0.15, 0.2) is 121 Å². The maximum absolute atomic E-state index is 11.0. The maximum atomic E-state index is 11.0. The Kier molecular flexibility index (Phi) is 14.1. The van der Waals surface area contributed by atoms with Crippen molar-refractivity contribution in [3.63, 3.8) is 0 Å². The van der Waals surface area contributed by atoms with Gasteiger partial charge in [-0.1, -0.05) is 121 Å². The predicted octanol–water partition coefficient (Wildman–Crippen LogP) is 2.34. The number of hydrogen-bond acceptors (Lipinski definition) is 11. The van der Waals surface area contributed by atoms with Gasteiger partial charge in [-0.25, -0.2) is 0 Å². The molecule has 0 radical (unpaired) electrons. The van der Waals surface area contributed by atoms with Crippen LogP contribution < -0.4 is 10.6 Å². The number of aliphatic hydroxyl groups excluding tert-OH is 4. The third-order valence-corrected chi connectivity index (χ3v) is 10.00. The molecule has 2 aliphatic rings. The molecule has 1 aliphatic heterocycles. The fraction of sp³-hybridized carbons (Fsp3) is 0.390. The molecule has 0 unspecified atom stereocenters. The van der Waals surface area contributed by atoms with Gasteiger partial charge in [0.2, 0.25) is 0 Å². The molecule has 6 rings (SSSR count). The first kappa shape index (κ1) is 39.9. The first-order chi connectivity index (χ1) is 26.3. The van der Waals surface area contributed by atoms with Crippen molar-refractivity contribution in [1.82, 2.24) is 10.6 Å². The van der Waals surface area contributed by atoms with Crippen LogP contribution in [-0.4, -0.2) is 104 Å². The zero-order chi connectivity index (χ0) is 37.9. The van der Waals surface area contributed by atoms with Gasteiger partial charge in [0, 0.05) is 0 Å². The minimum atomic E-state index is -2.30. The minimum absolute atomic E-state index is 0.104. The molecule has 13 heteroatoms. The normalized spacial score (nSPS) is 29.5. The molecule has 54 heavy (non-hydrogen) atoms. The second-order valence-electron chi connectivity index (χ2n) is 13.6. The van der Waals surface area contributed by atoms with Crippen molar-refractivity contribution in [3.05, 3.63) is 144 Å². The number of hydrogen-bond donors (Lipinski definition) is 7. The lowest BCUT2D eigenvalue weighted by atomic mass is 9.96. The Morgan fingerprint density at radius 3 is 1.54 bits per heavy atom. The number of ether oxygens (including phenoxy) is 5. The Labute approximate surface area is 320 Å². The summed E-state index contributed by atoms with van der Waals surface area (Å²) in [6.07, 6.45) is -9.28. The average molecular weight is 761 g/mol. The molecule has 1 saturated heterocycles. The summed E-state index contributed by atoms with van der Waals surface area (Å²) in [6.45, 7) is 0.126. The topological polar surface area (TPSA) is 171 Å². The third-order valence-electron chi connectivity index (χ3n) is 9.76.